The second-order valence-electron chi connectivity index (χ2n) is 11.2. The van der Waals surface area contributed by atoms with Gasteiger partial charge in [-0.3, -0.25) is 14.5 Å². The van der Waals surface area contributed by atoms with Gasteiger partial charge in [0.25, 0.3) is 0 Å². The number of hydrogen-bond acceptors (Lipinski definition) is 5. The zero-order chi connectivity index (χ0) is 26.2. The molecule has 0 bridgehead atoms. The van der Waals surface area contributed by atoms with Gasteiger partial charge in [-0.2, -0.15) is 15.3 Å². The Balaban J connectivity index is 1.43. The molecule has 2 aliphatic rings. The van der Waals surface area contributed by atoms with Crippen molar-refractivity contribution in [1.29, 1.82) is 0 Å². The molecule has 1 spiro atoms. The zero-order valence-corrected chi connectivity index (χ0v) is 23.0. The summed E-state index contributed by atoms with van der Waals surface area (Å²) in [6.45, 7) is 6.98. The lowest BCUT2D eigenvalue weighted by Crippen LogP contribution is -2.48. The summed E-state index contributed by atoms with van der Waals surface area (Å²) in [5, 5.41) is 20.1. The summed E-state index contributed by atoms with van der Waals surface area (Å²) in [4.78, 5) is 2.39. The van der Waals surface area contributed by atoms with Gasteiger partial charge in [-0.25, -0.2) is 0 Å². The monoisotopic (exact) mass is 529 g/mol. The third-order valence-electron chi connectivity index (χ3n) is 8.61. The molecule has 2 fully saturated rings. The Morgan fingerprint density at radius 3 is 2.84 bits per heavy atom. The van der Waals surface area contributed by atoms with E-state index in [1.165, 1.54) is 0 Å². The molecule has 1 aliphatic heterocycles. The van der Waals surface area contributed by atoms with Gasteiger partial charge in [-0.15, -0.1) is 0 Å². The number of rotatable bonds is 3. The number of likely N-dealkylation sites (N-methyl/N-ethyl adjacent to an activating group) is 1. The van der Waals surface area contributed by atoms with Crippen LogP contribution in [0.3, 0.4) is 0 Å². The number of H-pyrrole nitrogens is 1. The lowest BCUT2D eigenvalue weighted by atomic mass is 9.94. The molecule has 0 radical (unpaired) electrons. The van der Waals surface area contributed by atoms with Crippen LogP contribution in [0, 0.1) is 13.8 Å². The van der Waals surface area contributed by atoms with E-state index in [9.17, 15) is 0 Å². The van der Waals surface area contributed by atoms with E-state index in [2.05, 4.69) is 63.1 Å². The number of ether oxygens (including phenoxy) is 1. The molecule has 1 saturated heterocycles. The number of aryl methyl sites for hydroxylation is 2. The molecule has 2 unspecified atom stereocenters. The normalized spacial score (nSPS) is 22.4. The number of halogens is 1. The summed E-state index contributed by atoms with van der Waals surface area (Å²) in [6.07, 6.45) is 6.83. The Morgan fingerprint density at radius 2 is 2.00 bits per heavy atom. The molecule has 0 amide bonds. The second-order valence-corrected chi connectivity index (χ2v) is 11.6. The van der Waals surface area contributed by atoms with Gasteiger partial charge in [0.05, 0.1) is 46.7 Å². The molecule has 8 nitrogen and oxygen atoms in total. The predicted octanol–water partition coefficient (Wildman–Crippen LogP) is 5.68. The van der Waals surface area contributed by atoms with E-state index in [1.54, 1.807) is 0 Å². The lowest BCUT2D eigenvalue weighted by Gasteiger charge is -2.39. The largest absolute Gasteiger partial charge is 0.372 e. The first kappa shape index (κ1) is 23.9. The minimum absolute atomic E-state index is 0.0934. The second kappa shape index (κ2) is 8.66. The Kier molecular flexibility index (Phi) is 5.44. The number of aromatic amines is 1. The average molecular weight is 530 g/mol. The topological polar surface area (TPSA) is 76.8 Å². The van der Waals surface area contributed by atoms with Crippen LogP contribution in [-0.4, -0.2) is 67.0 Å². The maximum atomic E-state index is 7.08. The number of aromatic nitrogens is 6. The molecule has 7 rings (SSSR count). The molecule has 5 aromatic rings. The fourth-order valence-corrected chi connectivity index (χ4v) is 6.96. The molecule has 196 valence electrons. The Hall–Kier alpha value is -3.20. The minimum Gasteiger partial charge on any atom is -0.372 e. The van der Waals surface area contributed by atoms with Crippen molar-refractivity contribution in [3.63, 3.8) is 0 Å². The van der Waals surface area contributed by atoms with Crippen LogP contribution >= 0.6 is 11.6 Å². The maximum Gasteiger partial charge on any atom is 0.101 e. The fraction of sp³-hybridized carbons (Fsp3) is 0.414. The summed E-state index contributed by atoms with van der Waals surface area (Å²) >= 11 is 7.08. The van der Waals surface area contributed by atoms with Crippen molar-refractivity contribution >= 4 is 33.4 Å². The molecule has 38 heavy (non-hydrogen) atoms. The molecule has 9 heteroatoms. The molecular weight excluding hydrogens is 498 g/mol. The van der Waals surface area contributed by atoms with Gasteiger partial charge < -0.3 is 9.64 Å². The highest BCUT2D eigenvalue weighted by Crippen LogP contribution is 2.47. The van der Waals surface area contributed by atoms with Crippen LogP contribution in [0.4, 0.5) is 0 Å². The van der Waals surface area contributed by atoms with Crippen LogP contribution in [0.25, 0.3) is 44.2 Å². The van der Waals surface area contributed by atoms with Gasteiger partial charge in [0, 0.05) is 59.7 Å². The molecule has 1 N–H and O–H groups in total. The molecular formula is C29H32ClN7O. The molecule has 3 aromatic heterocycles. The van der Waals surface area contributed by atoms with Crippen molar-refractivity contribution < 1.29 is 4.74 Å². The van der Waals surface area contributed by atoms with E-state index in [1.807, 2.05) is 31.0 Å². The average Bonchev–Trinajstić information content (AvgIpc) is 3.67. The molecule has 4 heterocycles. The third kappa shape index (κ3) is 3.61. The fourth-order valence-electron chi connectivity index (χ4n) is 6.71. The van der Waals surface area contributed by atoms with E-state index in [-0.39, 0.29) is 11.6 Å². The van der Waals surface area contributed by atoms with Gasteiger partial charge in [0.15, 0.2) is 0 Å². The first-order chi connectivity index (χ1) is 18.3. The molecule has 1 saturated carbocycles. The van der Waals surface area contributed by atoms with Crippen molar-refractivity contribution in [2.45, 2.75) is 44.8 Å². The Labute approximate surface area is 226 Å². The van der Waals surface area contributed by atoms with Crippen molar-refractivity contribution in [2.75, 3.05) is 26.7 Å². The van der Waals surface area contributed by atoms with Crippen LogP contribution in [0.2, 0.25) is 5.02 Å². The van der Waals surface area contributed by atoms with Gasteiger partial charge in [-0.1, -0.05) is 17.7 Å². The van der Waals surface area contributed by atoms with E-state index < -0.39 is 0 Å². The highest BCUT2D eigenvalue weighted by molar-refractivity contribution is 6.36. The molecule has 1 aliphatic carbocycles. The number of hydrogen-bond donors (Lipinski definition) is 1. The number of benzene rings is 2. The summed E-state index contributed by atoms with van der Waals surface area (Å²) in [5.41, 5.74) is 8.14. The number of nitrogens with one attached hydrogen (secondary N) is 1. The van der Waals surface area contributed by atoms with Crippen molar-refractivity contribution in [2.24, 2.45) is 7.05 Å². The standard InChI is InChI=1S/C29H32ClN7O/c1-17-11-23-22(15-31-33-23)26(27(17)30)25-18(2)37(21-7-8-29(13-21)16-35(3)9-10-38-29)34-28(25)19-5-6-24-20(12-19)14-32-36(24)4/h5-6,11-12,14-15,21H,7-10,13,16H2,1-4H3,(H,31,33). The third-order valence-corrected chi connectivity index (χ3v) is 9.10. The summed E-state index contributed by atoms with van der Waals surface area (Å²) in [7, 11) is 4.16. The van der Waals surface area contributed by atoms with E-state index in [0.717, 1.165) is 99.4 Å². The van der Waals surface area contributed by atoms with Crippen molar-refractivity contribution in [3.8, 4) is 22.4 Å². The zero-order valence-electron chi connectivity index (χ0n) is 22.3. The first-order valence-electron chi connectivity index (χ1n) is 13.3. The van der Waals surface area contributed by atoms with E-state index in [0.29, 0.717) is 0 Å². The van der Waals surface area contributed by atoms with E-state index >= 15 is 0 Å². The van der Waals surface area contributed by atoms with Crippen molar-refractivity contribution in [3.05, 3.63) is 52.9 Å². The Bertz CT molecular complexity index is 1700. The van der Waals surface area contributed by atoms with Crippen LogP contribution < -0.4 is 0 Å². The van der Waals surface area contributed by atoms with Gasteiger partial charge >= 0.3 is 0 Å². The highest BCUT2D eigenvalue weighted by Gasteiger charge is 2.44. The van der Waals surface area contributed by atoms with Gasteiger partial charge in [0.1, 0.15) is 5.69 Å². The number of morpholine rings is 1. The lowest BCUT2D eigenvalue weighted by molar-refractivity contribution is -0.1000. The van der Waals surface area contributed by atoms with Gasteiger partial charge in [0.2, 0.25) is 0 Å². The van der Waals surface area contributed by atoms with Crippen LogP contribution in [0.1, 0.15) is 36.6 Å². The first-order valence-corrected chi connectivity index (χ1v) is 13.7. The van der Waals surface area contributed by atoms with Crippen LogP contribution in [0.5, 0.6) is 0 Å². The quantitative estimate of drug-likeness (QED) is 0.325. The Morgan fingerprint density at radius 1 is 1.13 bits per heavy atom. The molecule has 2 atom stereocenters. The number of fused-ring (bicyclic) bond motifs is 2. The number of nitrogens with zero attached hydrogens (tertiary/aromatic N) is 6. The van der Waals surface area contributed by atoms with Crippen molar-refractivity contribution in [1.82, 2.24) is 34.7 Å². The predicted molar refractivity (Wildman–Crippen MR) is 151 cm³/mol. The summed E-state index contributed by atoms with van der Waals surface area (Å²) in [6, 6.07) is 8.78. The SMILES string of the molecule is Cc1cc2[nH]ncc2c(-c2c(-c3ccc4c(cnn4C)c3)nn(C3CCC4(C3)CN(C)CCO4)c2C)c1Cl. The summed E-state index contributed by atoms with van der Waals surface area (Å²) in [5.74, 6) is 0. The molecule has 2 aromatic carbocycles. The smallest absolute Gasteiger partial charge is 0.101 e. The highest BCUT2D eigenvalue weighted by atomic mass is 35.5. The summed E-state index contributed by atoms with van der Waals surface area (Å²) < 4.78 is 10.5. The van der Waals surface area contributed by atoms with Crippen LogP contribution in [0.15, 0.2) is 36.7 Å². The minimum atomic E-state index is -0.0934. The van der Waals surface area contributed by atoms with E-state index in [4.69, 9.17) is 21.4 Å². The maximum absolute atomic E-state index is 7.08. The van der Waals surface area contributed by atoms with Gasteiger partial charge in [-0.05, 0) is 57.5 Å². The van der Waals surface area contributed by atoms with Crippen LogP contribution in [-0.2, 0) is 11.8 Å².